The predicted molar refractivity (Wildman–Crippen MR) is 93.9 cm³/mol. The summed E-state index contributed by atoms with van der Waals surface area (Å²) in [5.74, 6) is 0. The lowest BCUT2D eigenvalue weighted by atomic mass is 9.88. The smallest absolute Gasteiger partial charge is 0.0925 e. The Balaban J connectivity index is 1.25. The van der Waals surface area contributed by atoms with Crippen molar-refractivity contribution in [1.29, 1.82) is 0 Å². The maximum atomic E-state index is 6.20. The van der Waals surface area contributed by atoms with E-state index in [1.807, 2.05) is 18.3 Å². The van der Waals surface area contributed by atoms with Crippen molar-refractivity contribution < 1.29 is 9.47 Å². The highest BCUT2D eigenvalue weighted by Crippen LogP contribution is 2.37. The van der Waals surface area contributed by atoms with Crippen LogP contribution in [0.3, 0.4) is 0 Å². The molecule has 1 spiro atoms. The van der Waals surface area contributed by atoms with E-state index in [0.29, 0.717) is 13.2 Å². The molecule has 2 aliphatic rings. The number of nitrogens with one attached hydrogen (secondary N) is 1. The minimum Gasteiger partial charge on any atom is -0.372 e. The van der Waals surface area contributed by atoms with Crippen LogP contribution in [0.15, 0.2) is 30.9 Å². The largest absolute Gasteiger partial charge is 0.372 e. The maximum absolute atomic E-state index is 6.20. The third-order valence-corrected chi connectivity index (χ3v) is 5.46. The molecule has 2 fully saturated rings. The van der Waals surface area contributed by atoms with Gasteiger partial charge in [0.05, 0.1) is 36.9 Å². The quantitative estimate of drug-likeness (QED) is 0.904. The zero-order valence-electron chi connectivity index (χ0n) is 14.8. The highest BCUT2D eigenvalue weighted by atomic mass is 16.6. The SMILES string of the molecule is Cc1[nH]cnc1CN1CCC2(CC1)CC(OCc1cccnc1)CO2. The molecule has 2 saturated heterocycles. The Labute approximate surface area is 148 Å². The highest BCUT2D eigenvalue weighted by Gasteiger charge is 2.43. The van der Waals surface area contributed by atoms with E-state index in [1.165, 1.54) is 5.69 Å². The molecule has 6 heteroatoms. The van der Waals surface area contributed by atoms with Crippen LogP contribution in [0.2, 0.25) is 0 Å². The number of aromatic nitrogens is 3. The van der Waals surface area contributed by atoms with Crippen LogP contribution >= 0.6 is 0 Å². The molecular weight excluding hydrogens is 316 g/mol. The molecule has 0 amide bonds. The van der Waals surface area contributed by atoms with Crippen LogP contribution in [-0.2, 0) is 22.6 Å². The standard InChI is InChI=1S/C19H26N4O2/c1-15-18(22-14-21-15)11-23-7-4-19(5-8-23)9-17(13-25-19)24-12-16-3-2-6-20-10-16/h2-3,6,10,14,17H,4-5,7-9,11-13H2,1H3,(H,21,22). The van der Waals surface area contributed by atoms with Crippen LogP contribution in [0.1, 0.15) is 36.2 Å². The molecule has 2 aromatic rings. The lowest BCUT2D eigenvalue weighted by molar-refractivity contribution is -0.0470. The van der Waals surface area contributed by atoms with Crippen molar-refractivity contribution in [2.75, 3.05) is 19.7 Å². The summed E-state index contributed by atoms with van der Waals surface area (Å²) in [5, 5.41) is 0. The van der Waals surface area contributed by atoms with Crippen LogP contribution in [0.4, 0.5) is 0 Å². The van der Waals surface area contributed by atoms with Gasteiger partial charge in [-0.3, -0.25) is 9.88 Å². The van der Waals surface area contributed by atoms with Crippen LogP contribution in [0, 0.1) is 6.92 Å². The van der Waals surface area contributed by atoms with Gasteiger partial charge in [0.1, 0.15) is 0 Å². The first kappa shape index (κ1) is 16.7. The molecule has 2 aliphatic heterocycles. The summed E-state index contributed by atoms with van der Waals surface area (Å²) in [6.07, 6.45) is 8.77. The molecule has 25 heavy (non-hydrogen) atoms. The molecule has 0 bridgehead atoms. The Morgan fingerprint density at radius 1 is 1.40 bits per heavy atom. The molecule has 0 aliphatic carbocycles. The summed E-state index contributed by atoms with van der Waals surface area (Å²) in [4.78, 5) is 14.2. The topological polar surface area (TPSA) is 63.3 Å². The summed E-state index contributed by atoms with van der Waals surface area (Å²) in [7, 11) is 0. The molecule has 134 valence electrons. The fourth-order valence-corrected chi connectivity index (χ4v) is 3.83. The van der Waals surface area contributed by atoms with Gasteiger partial charge in [0.2, 0.25) is 0 Å². The summed E-state index contributed by atoms with van der Waals surface area (Å²) >= 11 is 0. The van der Waals surface area contributed by atoms with Crippen LogP contribution in [0.5, 0.6) is 0 Å². The van der Waals surface area contributed by atoms with Crippen molar-refractivity contribution in [2.24, 2.45) is 0 Å². The van der Waals surface area contributed by atoms with Gasteiger partial charge in [-0.25, -0.2) is 4.98 Å². The molecular formula is C19H26N4O2. The molecule has 4 heterocycles. The fraction of sp³-hybridized carbons (Fsp3) is 0.579. The van der Waals surface area contributed by atoms with Crippen LogP contribution < -0.4 is 0 Å². The van der Waals surface area contributed by atoms with Crippen molar-refractivity contribution >= 4 is 0 Å². The molecule has 1 N–H and O–H groups in total. The lowest BCUT2D eigenvalue weighted by Crippen LogP contribution is -2.44. The first-order valence-corrected chi connectivity index (χ1v) is 9.08. The maximum Gasteiger partial charge on any atom is 0.0925 e. The van der Waals surface area contributed by atoms with E-state index in [0.717, 1.165) is 50.2 Å². The van der Waals surface area contributed by atoms with Crippen LogP contribution in [-0.4, -0.2) is 51.3 Å². The first-order valence-electron chi connectivity index (χ1n) is 9.08. The van der Waals surface area contributed by atoms with E-state index in [9.17, 15) is 0 Å². The van der Waals surface area contributed by atoms with Gasteiger partial charge in [-0.1, -0.05) is 6.07 Å². The number of pyridine rings is 1. The number of imidazole rings is 1. The van der Waals surface area contributed by atoms with Gasteiger partial charge in [-0.15, -0.1) is 0 Å². The Morgan fingerprint density at radius 3 is 3.00 bits per heavy atom. The average Bonchev–Trinajstić information content (AvgIpc) is 3.23. The predicted octanol–water partition coefficient (Wildman–Crippen LogP) is 2.45. The third-order valence-electron chi connectivity index (χ3n) is 5.46. The summed E-state index contributed by atoms with van der Waals surface area (Å²) in [6, 6.07) is 4.00. The summed E-state index contributed by atoms with van der Waals surface area (Å²) < 4.78 is 12.3. The molecule has 0 radical (unpaired) electrons. The molecule has 4 rings (SSSR count). The van der Waals surface area contributed by atoms with Crippen molar-refractivity contribution in [3.8, 4) is 0 Å². The number of rotatable bonds is 5. The second-order valence-corrected chi connectivity index (χ2v) is 7.24. The molecule has 2 aromatic heterocycles. The van der Waals surface area contributed by atoms with Crippen LogP contribution in [0.25, 0.3) is 0 Å². The van der Waals surface area contributed by atoms with Gasteiger partial charge in [0.15, 0.2) is 0 Å². The second kappa shape index (κ2) is 7.23. The Morgan fingerprint density at radius 2 is 2.28 bits per heavy atom. The number of aromatic amines is 1. The monoisotopic (exact) mass is 342 g/mol. The molecule has 1 atom stereocenters. The van der Waals surface area contributed by atoms with Crippen molar-refractivity contribution in [1.82, 2.24) is 19.9 Å². The Hall–Kier alpha value is -1.76. The van der Waals surface area contributed by atoms with E-state index in [2.05, 4.69) is 26.8 Å². The molecule has 0 aromatic carbocycles. The minimum atomic E-state index is 0.0106. The van der Waals surface area contributed by atoms with Gasteiger partial charge in [-0.2, -0.15) is 0 Å². The highest BCUT2D eigenvalue weighted by molar-refractivity contribution is 5.09. The third kappa shape index (κ3) is 3.92. The van der Waals surface area contributed by atoms with E-state index in [1.54, 1.807) is 12.5 Å². The number of aryl methyl sites for hydroxylation is 1. The van der Waals surface area contributed by atoms with Gasteiger partial charge in [0.25, 0.3) is 0 Å². The zero-order chi connectivity index (χ0) is 17.1. The first-order chi connectivity index (χ1) is 12.2. The summed E-state index contributed by atoms with van der Waals surface area (Å²) in [5.41, 5.74) is 3.45. The van der Waals surface area contributed by atoms with Gasteiger partial charge < -0.3 is 14.5 Å². The molecule has 1 unspecified atom stereocenters. The number of hydrogen-bond acceptors (Lipinski definition) is 5. The zero-order valence-corrected chi connectivity index (χ0v) is 14.8. The van der Waals surface area contributed by atoms with Gasteiger partial charge in [0, 0.05) is 44.1 Å². The van der Waals surface area contributed by atoms with Crippen molar-refractivity contribution in [3.63, 3.8) is 0 Å². The lowest BCUT2D eigenvalue weighted by Gasteiger charge is -2.38. The Bertz CT molecular complexity index is 680. The van der Waals surface area contributed by atoms with E-state index >= 15 is 0 Å². The number of ether oxygens (including phenoxy) is 2. The number of nitrogens with zero attached hydrogens (tertiary/aromatic N) is 3. The van der Waals surface area contributed by atoms with Crippen molar-refractivity contribution in [3.05, 3.63) is 47.8 Å². The number of H-pyrrole nitrogens is 1. The van der Waals surface area contributed by atoms with Gasteiger partial charge in [-0.05, 0) is 31.4 Å². The fourth-order valence-electron chi connectivity index (χ4n) is 3.83. The number of piperidine rings is 1. The summed E-state index contributed by atoms with van der Waals surface area (Å²) in [6.45, 7) is 6.44. The van der Waals surface area contributed by atoms with E-state index < -0.39 is 0 Å². The van der Waals surface area contributed by atoms with Gasteiger partial charge >= 0.3 is 0 Å². The normalized spacial score (nSPS) is 23.3. The van der Waals surface area contributed by atoms with E-state index in [4.69, 9.17) is 9.47 Å². The van der Waals surface area contributed by atoms with Crippen molar-refractivity contribution in [2.45, 2.75) is 51.0 Å². The number of likely N-dealkylation sites (tertiary alicyclic amines) is 1. The van der Waals surface area contributed by atoms with E-state index in [-0.39, 0.29) is 11.7 Å². The molecule has 6 nitrogen and oxygen atoms in total. The molecule has 0 saturated carbocycles. The number of hydrogen-bond donors (Lipinski definition) is 1. The minimum absolute atomic E-state index is 0.0106. The Kier molecular flexibility index (Phi) is 4.83. The second-order valence-electron chi connectivity index (χ2n) is 7.24. The average molecular weight is 342 g/mol.